The van der Waals surface area contributed by atoms with Gasteiger partial charge in [-0.1, -0.05) is 18.6 Å². The predicted molar refractivity (Wildman–Crippen MR) is 108 cm³/mol. The van der Waals surface area contributed by atoms with E-state index in [-0.39, 0.29) is 6.04 Å². The maximum Gasteiger partial charge on any atom is 0.309 e. The fourth-order valence-corrected chi connectivity index (χ4v) is 4.21. The maximum absolute atomic E-state index is 12.1. The Bertz CT molecular complexity index is 670. The average molecular weight is 373 g/mol. The molecule has 1 atom stereocenters. The van der Waals surface area contributed by atoms with Gasteiger partial charge < -0.3 is 15.5 Å². The Morgan fingerprint density at radius 3 is 2.52 bits per heavy atom. The molecule has 0 bridgehead atoms. The summed E-state index contributed by atoms with van der Waals surface area (Å²) < 4.78 is 0. The van der Waals surface area contributed by atoms with Gasteiger partial charge in [-0.2, -0.15) is 0 Å². The molecule has 148 valence electrons. The normalized spacial score (nSPS) is 18.5. The van der Waals surface area contributed by atoms with Gasteiger partial charge in [0.15, 0.2) is 0 Å². The number of likely N-dealkylation sites (tertiary alicyclic amines) is 1. The molecule has 0 saturated carbocycles. The average Bonchev–Trinajstić information content (AvgIpc) is 2.69. The number of likely N-dealkylation sites (N-methyl/N-ethyl adjacent to an activating group) is 1. The number of hydrogen-bond donors (Lipinski definition) is 2. The lowest BCUT2D eigenvalue weighted by atomic mass is 9.95. The minimum absolute atomic E-state index is 0.112. The van der Waals surface area contributed by atoms with E-state index in [1.165, 1.54) is 42.5 Å². The van der Waals surface area contributed by atoms with E-state index in [1.54, 1.807) is 0 Å². The first kappa shape index (κ1) is 19.7. The fourth-order valence-electron chi connectivity index (χ4n) is 4.21. The van der Waals surface area contributed by atoms with Crippen LogP contribution >= 0.6 is 0 Å². The Morgan fingerprint density at radius 2 is 1.78 bits per heavy atom. The third kappa shape index (κ3) is 4.80. The first-order valence-corrected chi connectivity index (χ1v) is 10.2. The third-order valence-corrected chi connectivity index (χ3v) is 5.67. The van der Waals surface area contributed by atoms with Crippen LogP contribution in [0.2, 0.25) is 0 Å². The molecule has 1 fully saturated rings. The van der Waals surface area contributed by atoms with E-state index in [4.69, 9.17) is 0 Å². The van der Waals surface area contributed by atoms with Crippen molar-refractivity contribution in [1.82, 2.24) is 15.5 Å². The monoisotopic (exact) mass is 372 g/mol. The molecular formula is C21H32N4O2. The second-order valence-electron chi connectivity index (χ2n) is 7.60. The number of rotatable bonds is 5. The molecule has 0 unspecified atom stereocenters. The first-order chi connectivity index (χ1) is 13.1. The van der Waals surface area contributed by atoms with Gasteiger partial charge in [-0.05, 0) is 62.9 Å². The second kappa shape index (κ2) is 9.22. The van der Waals surface area contributed by atoms with E-state index in [9.17, 15) is 9.59 Å². The Kier molecular flexibility index (Phi) is 6.72. The van der Waals surface area contributed by atoms with E-state index in [0.717, 1.165) is 26.1 Å². The first-order valence-electron chi connectivity index (χ1n) is 10.2. The van der Waals surface area contributed by atoms with Crippen LogP contribution in [0.15, 0.2) is 18.2 Å². The van der Waals surface area contributed by atoms with E-state index in [1.807, 2.05) is 6.92 Å². The quantitative estimate of drug-likeness (QED) is 0.775. The number of hydrogen-bond acceptors (Lipinski definition) is 4. The fraction of sp³-hybridized carbons (Fsp3) is 0.619. The number of nitrogens with one attached hydrogen (secondary N) is 2. The zero-order chi connectivity index (χ0) is 19.2. The van der Waals surface area contributed by atoms with Crippen LogP contribution in [-0.2, 0) is 16.0 Å². The predicted octanol–water partition coefficient (Wildman–Crippen LogP) is 1.85. The van der Waals surface area contributed by atoms with Crippen LogP contribution in [0, 0.1) is 0 Å². The van der Waals surface area contributed by atoms with Gasteiger partial charge in [-0.3, -0.25) is 14.5 Å². The number of anilines is 1. The number of carbonyl (C=O) groups excluding carboxylic acids is 2. The molecule has 0 aromatic heterocycles. The zero-order valence-corrected chi connectivity index (χ0v) is 16.6. The van der Waals surface area contributed by atoms with Crippen molar-refractivity contribution in [1.29, 1.82) is 0 Å². The minimum atomic E-state index is -0.554. The second-order valence-corrected chi connectivity index (χ2v) is 7.60. The standard InChI is InChI=1S/C21H32N4O2/c1-3-22-20(26)21(27)23-15-19(25-12-5-4-6-13-25)17-9-10-18-16(14-17)8-7-11-24(18)2/h9-10,14,19H,3-8,11-13,15H2,1-2H3,(H,22,26)(H,23,27)/t19-/m1/s1. The lowest BCUT2D eigenvalue weighted by molar-refractivity contribution is -0.139. The van der Waals surface area contributed by atoms with Crippen molar-refractivity contribution in [3.8, 4) is 0 Å². The highest BCUT2D eigenvalue weighted by atomic mass is 16.2. The molecule has 0 aliphatic carbocycles. The SMILES string of the molecule is CCNC(=O)C(=O)NC[C@H](c1ccc2c(c1)CCCN2C)N1CCCCC1. The van der Waals surface area contributed by atoms with Crippen LogP contribution in [0.5, 0.6) is 0 Å². The molecule has 2 N–H and O–H groups in total. The van der Waals surface area contributed by atoms with Crippen molar-refractivity contribution >= 4 is 17.5 Å². The highest BCUT2D eigenvalue weighted by Gasteiger charge is 2.25. The Balaban J connectivity index is 1.77. The molecule has 1 saturated heterocycles. The summed E-state index contributed by atoms with van der Waals surface area (Å²) in [5.41, 5.74) is 3.94. The highest BCUT2D eigenvalue weighted by molar-refractivity contribution is 6.35. The topological polar surface area (TPSA) is 64.7 Å². The zero-order valence-electron chi connectivity index (χ0n) is 16.6. The number of nitrogens with zero attached hydrogens (tertiary/aromatic N) is 2. The molecule has 6 heteroatoms. The molecule has 1 aromatic carbocycles. The molecule has 0 spiro atoms. The molecule has 2 amide bonds. The number of aryl methyl sites for hydroxylation is 1. The summed E-state index contributed by atoms with van der Waals surface area (Å²) in [6, 6.07) is 6.83. The summed E-state index contributed by atoms with van der Waals surface area (Å²) in [6.07, 6.45) is 5.92. The van der Waals surface area contributed by atoms with Crippen LogP contribution in [0.25, 0.3) is 0 Å². The van der Waals surface area contributed by atoms with Crippen molar-refractivity contribution in [3.63, 3.8) is 0 Å². The summed E-state index contributed by atoms with van der Waals surface area (Å²) in [4.78, 5) is 28.6. The van der Waals surface area contributed by atoms with Crippen molar-refractivity contribution in [3.05, 3.63) is 29.3 Å². The molecular weight excluding hydrogens is 340 g/mol. The van der Waals surface area contributed by atoms with Crippen molar-refractivity contribution < 1.29 is 9.59 Å². The number of benzene rings is 1. The maximum atomic E-state index is 12.1. The van der Waals surface area contributed by atoms with Crippen LogP contribution in [0.3, 0.4) is 0 Å². The summed E-state index contributed by atoms with van der Waals surface area (Å²) in [6.45, 7) is 5.92. The smallest absolute Gasteiger partial charge is 0.309 e. The number of fused-ring (bicyclic) bond motifs is 1. The molecule has 6 nitrogen and oxygen atoms in total. The van der Waals surface area contributed by atoms with Crippen molar-refractivity contribution in [2.24, 2.45) is 0 Å². The van der Waals surface area contributed by atoms with Crippen LogP contribution in [-0.4, -0.2) is 56.5 Å². The number of carbonyl (C=O) groups is 2. The van der Waals surface area contributed by atoms with Crippen molar-refractivity contribution in [2.45, 2.75) is 45.1 Å². The van der Waals surface area contributed by atoms with Gasteiger partial charge in [0.25, 0.3) is 0 Å². The van der Waals surface area contributed by atoms with Crippen LogP contribution in [0.1, 0.15) is 49.8 Å². The minimum Gasteiger partial charge on any atom is -0.374 e. The number of amides is 2. The van der Waals surface area contributed by atoms with Gasteiger partial charge in [0.2, 0.25) is 0 Å². The summed E-state index contributed by atoms with van der Waals surface area (Å²) in [5.74, 6) is -1.10. The van der Waals surface area contributed by atoms with E-state index >= 15 is 0 Å². The van der Waals surface area contributed by atoms with Crippen LogP contribution in [0.4, 0.5) is 5.69 Å². The van der Waals surface area contributed by atoms with Gasteiger partial charge in [0.1, 0.15) is 0 Å². The summed E-state index contributed by atoms with van der Waals surface area (Å²) >= 11 is 0. The molecule has 2 aliphatic rings. The van der Waals surface area contributed by atoms with E-state index in [2.05, 4.69) is 45.7 Å². The molecule has 2 aliphatic heterocycles. The van der Waals surface area contributed by atoms with Gasteiger partial charge in [-0.25, -0.2) is 0 Å². The van der Waals surface area contributed by atoms with E-state index < -0.39 is 11.8 Å². The summed E-state index contributed by atoms with van der Waals surface area (Å²) in [5, 5.41) is 5.41. The summed E-state index contributed by atoms with van der Waals surface area (Å²) in [7, 11) is 2.15. The third-order valence-electron chi connectivity index (χ3n) is 5.67. The largest absolute Gasteiger partial charge is 0.374 e. The Morgan fingerprint density at radius 1 is 1.04 bits per heavy atom. The van der Waals surface area contributed by atoms with Gasteiger partial charge in [0, 0.05) is 32.4 Å². The lowest BCUT2D eigenvalue weighted by Crippen LogP contribution is -2.45. The molecule has 2 heterocycles. The molecule has 3 rings (SSSR count). The van der Waals surface area contributed by atoms with E-state index in [0.29, 0.717) is 13.1 Å². The van der Waals surface area contributed by atoms with Gasteiger partial charge in [0.05, 0.1) is 6.04 Å². The molecule has 0 radical (unpaired) electrons. The Hall–Kier alpha value is -2.08. The lowest BCUT2D eigenvalue weighted by Gasteiger charge is -2.36. The molecule has 1 aromatic rings. The number of piperidine rings is 1. The van der Waals surface area contributed by atoms with Crippen LogP contribution < -0.4 is 15.5 Å². The van der Waals surface area contributed by atoms with Crippen molar-refractivity contribution in [2.75, 3.05) is 44.7 Å². The van der Waals surface area contributed by atoms with Gasteiger partial charge in [-0.15, -0.1) is 0 Å². The Labute approximate surface area is 162 Å². The van der Waals surface area contributed by atoms with Gasteiger partial charge >= 0.3 is 11.8 Å². The molecule has 27 heavy (non-hydrogen) atoms. The highest BCUT2D eigenvalue weighted by Crippen LogP contribution is 2.31.